The number of nitrogens with one attached hydrogen (secondary N) is 2. The maximum atomic E-state index is 12.6. The molecule has 0 atom stereocenters. The lowest BCUT2D eigenvalue weighted by molar-refractivity contribution is -0.117. The molecule has 0 unspecified atom stereocenters. The van der Waals surface area contributed by atoms with Gasteiger partial charge in [0.1, 0.15) is 11.5 Å². The summed E-state index contributed by atoms with van der Waals surface area (Å²) in [6.45, 7) is 4.17. The number of carbonyl (C=O) groups is 1. The molecule has 0 saturated carbocycles. The van der Waals surface area contributed by atoms with Crippen LogP contribution in [0.15, 0.2) is 71.8 Å². The standard InChI is InChI=1S/C32H31N5O4/c38-30-17-25(36-9-11-40-12-10-36)16-28(35-30)27-4-1-3-22-14-23-15-24(6-7-29(23)41-32(22)27)34-19-21-13-26(20-33-18-21)37-8-2-5-31(37)39/h1,3-4,6-7,13,15-18,20,34H,2,5,8-12,14,19H2,(H,35,38). The predicted octanol–water partition coefficient (Wildman–Crippen LogP) is 4.71. The first kappa shape index (κ1) is 25.3. The molecule has 9 nitrogen and oxygen atoms in total. The molecule has 2 saturated heterocycles. The van der Waals surface area contributed by atoms with Gasteiger partial charge in [0.25, 0.3) is 0 Å². The third-order valence-electron chi connectivity index (χ3n) is 7.91. The van der Waals surface area contributed by atoms with E-state index < -0.39 is 0 Å². The number of hydrogen-bond acceptors (Lipinski definition) is 7. The molecule has 3 aliphatic heterocycles. The summed E-state index contributed by atoms with van der Waals surface area (Å²) in [5.41, 5.74) is 7.37. The topological polar surface area (TPSA) is 99.8 Å². The Labute approximate surface area is 237 Å². The van der Waals surface area contributed by atoms with E-state index in [1.54, 1.807) is 12.3 Å². The van der Waals surface area contributed by atoms with Crippen LogP contribution in [0.1, 0.15) is 29.5 Å². The smallest absolute Gasteiger partial charge is 0.250 e. The second-order valence-corrected chi connectivity index (χ2v) is 10.7. The average molecular weight is 550 g/mol. The highest BCUT2D eigenvalue weighted by Crippen LogP contribution is 2.43. The van der Waals surface area contributed by atoms with Crippen molar-refractivity contribution in [3.05, 3.63) is 94.0 Å². The minimum Gasteiger partial charge on any atom is -0.456 e. The van der Waals surface area contributed by atoms with E-state index >= 15 is 0 Å². The third-order valence-corrected chi connectivity index (χ3v) is 7.91. The van der Waals surface area contributed by atoms with Crippen molar-refractivity contribution in [2.75, 3.05) is 48.0 Å². The van der Waals surface area contributed by atoms with Crippen LogP contribution in [0.3, 0.4) is 0 Å². The van der Waals surface area contributed by atoms with Crippen LogP contribution in [0, 0.1) is 0 Å². The molecule has 4 aromatic rings. The van der Waals surface area contributed by atoms with E-state index in [4.69, 9.17) is 9.47 Å². The molecule has 208 valence electrons. The summed E-state index contributed by atoms with van der Waals surface area (Å²) in [6.07, 6.45) is 5.79. The summed E-state index contributed by atoms with van der Waals surface area (Å²) in [7, 11) is 0. The molecule has 2 aromatic carbocycles. The Morgan fingerprint density at radius 1 is 0.927 bits per heavy atom. The molecule has 2 aromatic heterocycles. The first-order valence-electron chi connectivity index (χ1n) is 14.1. The molecule has 1 amide bonds. The van der Waals surface area contributed by atoms with Gasteiger partial charge < -0.3 is 29.6 Å². The highest BCUT2D eigenvalue weighted by Gasteiger charge is 2.23. The minimum absolute atomic E-state index is 0.138. The number of benzene rings is 2. The Balaban J connectivity index is 1.10. The summed E-state index contributed by atoms with van der Waals surface area (Å²) in [6, 6.07) is 17.9. The van der Waals surface area contributed by atoms with Gasteiger partial charge in [0, 0.05) is 73.8 Å². The van der Waals surface area contributed by atoms with E-state index in [0.29, 0.717) is 26.2 Å². The Morgan fingerprint density at radius 3 is 2.68 bits per heavy atom. The SMILES string of the molecule is O=C1CCCN1c1cncc(CNc2ccc3c(c2)Cc2cccc(-c4cc(N5CCOCC5)cc(=O)[nH]4)c2O3)c1. The number of nitrogens with zero attached hydrogens (tertiary/aromatic N) is 3. The summed E-state index contributed by atoms with van der Waals surface area (Å²) >= 11 is 0. The van der Waals surface area contributed by atoms with Crippen LogP contribution < -0.4 is 25.4 Å². The number of aromatic amines is 1. The fraction of sp³-hybridized carbons (Fsp3) is 0.281. The Morgan fingerprint density at radius 2 is 1.83 bits per heavy atom. The number of fused-ring (bicyclic) bond motifs is 2. The molecular formula is C32H31N5O4. The van der Waals surface area contributed by atoms with Crippen molar-refractivity contribution in [3.63, 3.8) is 0 Å². The van der Waals surface area contributed by atoms with E-state index in [2.05, 4.69) is 32.3 Å². The number of pyridine rings is 2. The summed E-state index contributed by atoms with van der Waals surface area (Å²) in [4.78, 5) is 36.1. The van der Waals surface area contributed by atoms with Crippen LogP contribution in [-0.2, 0) is 22.5 Å². The molecule has 5 heterocycles. The van der Waals surface area contributed by atoms with Crippen LogP contribution in [0.5, 0.6) is 11.5 Å². The minimum atomic E-state index is -0.138. The van der Waals surface area contributed by atoms with Gasteiger partial charge in [-0.3, -0.25) is 14.6 Å². The van der Waals surface area contributed by atoms with Crippen molar-refractivity contribution >= 4 is 23.0 Å². The van der Waals surface area contributed by atoms with Gasteiger partial charge in [-0.25, -0.2) is 0 Å². The average Bonchev–Trinajstić information content (AvgIpc) is 3.44. The van der Waals surface area contributed by atoms with Crippen LogP contribution in [0.25, 0.3) is 11.3 Å². The van der Waals surface area contributed by atoms with Crippen molar-refractivity contribution in [2.45, 2.75) is 25.8 Å². The molecule has 7 rings (SSSR count). The molecular weight excluding hydrogens is 518 g/mol. The van der Waals surface area contributed by atoms with Gasteiger partial charge in [-0.1, -0.05) is 12.1 Å². The first-order valence-corrected chi connectivity index (χ1v) is 14.1. The normalized spacial score (nSPS) is 16.2. The summed E-state index contributed by atoms with van der Waals surface area (Å²) in [5, 5.41) is 3.49. The lowest BCUT2D eigenvalue weighted by Crippen LogP contribution is -2.36. The van der Waals surface area contributed by atoms with Crippen LogP contribution in [-0.4, -0.2) is 48.7 Å². The lowest BCUT2D eigenvalue weighted by Gasteiger charge is -2.29. The number of hydrogen-bond donors (Lipinski definition) is 2. The zero-order chi connectivity index (χ0) is 27.8. The molecule has 0 spiro atoms. The highest BCUT2D eigenvalue weighted by atomic mass is 16.5. The van der Waals surface area contributed by atoms with Crippen LogP contribution in [0.2, 0.25) is 0 Å². The zero-order valence-electron chi connectivity index (χ0n) is 22.7. The van der Waals surface area contributed by atoms with Gasteiger partial charge in [0.2, 0.25) is 11.5 Å². The molecule has 0 aliphatic carbocycles. The van der Waals surface area contributed by atoms with Crippen molar-refractivity contribution in [3.8, 4) is 22.8 Å². The number of morpholine rings is 1. The van der Waals surface area contributed by atoms with Gasteiger partial charge in [-0.15, -0.1) is 0 Å². The number of ether oxygens (including phenoxy) is 2. The first-order chi connectivity index (χ1) is 20.1. The monoisotopic (exact) mass is 549 g/mol. The third kappa shape index (κ3) is 5.16. The van der Waals surface area contributed by atoms with Gasteiger partial charge in [-0.05, 0) is 53.9 Å². The predicted molar refractivity (Wildman–Crippen MR) is 158 cm³/mol. The second kappa shape index (κ2) is 10.7. The number of para-hydroxylation sites is 1. The molecule has 3 aliphatic rings. The highest BCUT2D eigenvalue weighted by molar-refractivity contribution is 5.95. The van der Waals surface area contributed by atoms with Crippen molar-refractivity contribution in [2.24, 2.45) is 0 Å². The van der Waals surface area contributed by atoms with Gasteiger partial charge in [0.05, 0.1) is 30.8 Å². The van der Waals surface area contributed by atoms with Crippen molar-refractivity contribution < 1.29 is 14.3 Å². The molecule has 2 fully saturated rings. The summed E-state index contributed by atoms with van der Waals surface area (Å²) in [5.74, 6) is 1.74. The molecule has 0 radical (unpaired) electrons. The summed E-state index contributed by atoms with van der Waals surface area (Å²) < 4.78 is 11.9. The fourth-order valence-corrected chi connectivity index (χ4v) is 5.82. The number of aromatic nitrogens is 2. The number of rotatable bonds is 6. The number of H-pyrrole nitrogens is 1. The number of amides is 1. The second-order valence-electron chi connectivity index (χ2n) is 10.7. The van der Waals surface area contributed by atoms with E-state index in [0.717, 1.165) is 89.0 Å². The van der Waals surface area contributed by atoms with Crippen molar-refractivity contribution in [1.82, 2.24) is 9.97 Å². The lowest BCUT2D eigenvalue weighted by atomic mass is 9.96. The Hall–Kier alpha value is -4.63. The van der Waals surface area contributed by atoms with E-state index in [1.165, 1.54) is 0 Å². The molecule has 2 N–H and O–H groups in total. The van der Waals surface area contributed by atoms with Crippen LogP contribution >= 0.6 is 0 Å². The number of carbonyl (C=O) groups excluding carboxylic acids is 1. The van der Waals surface area contributed by atoms with E-state index in [-0.39, 0.29) is 11.5 Å². The molecule has 0 bridgehead atoms. The van der Waals surface area contributed by atoms with Crippen LogP contribution in [0.4, 0.5) is 17.1 Å². The van der Waals surface area contributed by atoms with Gasteiger partial charge in [-0.2, -0.15) is 0 Å². The van der Waals surface area contributed by atoms with E-state index in [1.807, 2.05) is 47.5 Å². The maximum absolute atomic E-state index is 12.6. The van der Waals surface area contributed by atoms with Crippen molar-refractivity contribution in [1.29, 1.82) is 0 Å². The quantitative estimate of drug-likeness (QED) is 0.317. The fourth-order valence-electron chi connectivity index (χ4n) is 5.82. The Kier molecular flexibility index (Phi) is 6.64. The van der Waals surface area contributed by atoms with E-state index in [9.17, 15) is 9.59 Å². The van der Waals surface area contributed by atoms with Gasteiger partial charge >= 0.3 is 0 Å². The maximum Gasteiger partial charge on any atom is 0.250 e. The Bertz CT molecular complexity index is 1680. The zero-order valence-corrected chi connectivity index (χ0v) is 22.7. The molecule has 41 heavy (non-hydrogen) atoms. The molecule has 9 heteroatoms. The number of anilines is 3. The largest absolute Gasteiger partial charge is 0.456 e. The van der Waals surface area contributed by atoms with Gasteiger partial charge in [0.15, 0.2) is 0 Å².